The van der Waals surface area contributed by atoms with Crippen LogP contribution in [0.25, 0.3) is 0 Å². The van der Waals surface area contributed by atoms with E-state index in [2.05, 4.69) is 72.9 Å². The Labute approximate surface area is 251 Å². The van der Waals surface area contributed by atoms with E-state index >= 15 is 0 Å². The maximum Gasteiger partial charge on any atom is 0.255 e. The zero-order valence-electron chi connectivity index (χ0n) is 25.7. The Bertz CT molecular complexity index is 1270. The van der Waals surface area contributed by atoms with Crippen LogP contribution in [0.2, 0.25) is 25.7 Å². The van der Waals surface area contributed by atoms with Gasteiger partial charge in [0.2, 0.25) is 5.91 Å². The molecule has 0 bridgehead atoms. The summed E-state index contributed by atoms with van der Waals surface area (Å²) >= 11 is 0. The Morgan fingerprint density at radius 3 is 2.40 bits per heavy atom. The second-order valence-electron chi connectivity index (χ2n) is 13.4. The number of likely N-dealkylation sites (tertiary alicyclic amines) is 2. The lowest BCUT2D eigenvalue weighted by atomic mass is 10.0. The van der Waals surface area contributed by atoms with Gasteiger partial charge in [-0.1, -0.05) is 62.1 Å². The van der Waals surface area contributed by atoms with Gasteiger partial charge >= 0.3 is 0 Å². The lowest BCUT2D eigenvalue weighted by molar-refractivity contribution is -0.158. The molecule has 0 N–H and O–H groups in total. The molecule has 3 aliphatic heterocycles. The van der Waals surface area contributed by atoms with Crippen molar-refractivity contribution in [2.75, 3.05) is 33.5 Å². The highest BCUT2D eigenvalue weighted by molar-refractivity contribution is 6.76. The molecule has 1 unspecified atom stereocenters. The number of carbonyl (C=O) groups excluding carboxylic acids is 3. The van der Waals surface area contributed by atoms with E-state index in [9.17, 15) is 14.4 Å². The highest BCUT2D eigenvalue weighted by Gasteiger charge is 2.42. The van der Waals surface area contributed by atoms with Gasteiger partial charge < -0.3 is 9.64 Å². The summed E-state index contributed by atoms with van der Waals surface area (Å²) in [7, 11) is 0.924. The number of hydrogen-bond acceptors (Lipinski definition) is 6. The maximum absolute atomic E-state index is 13.4. The van der Waals surface area contributed by atoms with Crippen LogP contribution in [-0.2, 0) is 34.0 Å². The fraction of sp³-hybridized carbons (Fsp3) is 0.545. The van der Waals surface area contributed by atoms with Gasteiger partial charge in [0.1, 0.15) is 12.8 Å². The van der Waals surface area contributed by atoms with Gasteiger partial charge in [-0.05, 0) is 68.2 Å². The van der Waals surface area contributed by atoms with Crippen molar-refractivity contribution in [1.29, 1.82) is 0 Å². The van der Waals surface area contributed by atoms with Crippen LogP contribution in [0.4, 0.5) is 0 Å². The van der Waals surface area contributed by atoms with Crippen LogP contribution in [0.3, 0.4) is 0 Å². The lowest BCUT2D eigenvalue weighted by Gasteiger charge is -2.37. The summed E-state index contributed by atoms with van der Waals surface area (Å²) in [5.74, 6) is -0.661. The van der Waals surface area contributed by atoms with Gasteiger partial charge in [-0.2, -0.15) is 0 Å². The summed E-state index contributed by atoms with van der Waals surface area (Å²) in [6.45, 7) is 11.7. The highest BCUT2D eigenvalue weighted by Crippen LogP contribution is 2.30. The zero-order chi connectivity index (χ0) is 29.9. The molecule has 0 aromatic heterocycles. The summed E-state index contributed by atoms with van der Waals surface area (Å²) in [6.07, 6.45) is 2.89. The zero-order valence-corrected chi connectivity index (χ0v) is 26.7. The van der Waals surface area contributed by atoms with E-state index in [1.54, 1.807) is 4.90 Å². The molecule has 3 aliphatic rings. The van der Waals surface area contributed by atoms with Crippen molar-refractivity contribution in [3.05, 3.63) is 70.8 Å². The summed E-state index contributed by atoms with van der Waals surface area (Å²) in [4.78, 5) is 47.1. The molecule has 8 nitrogen and oxygen atoms in total. The van der Waals surface area contributed by atoms with Crippen LogP contribution >= 0.6 is 0 Å². The van der Waals surface area contributed by atoms with Crippen LogP contribution in [-0.4, -0.2) is 91.0 Å². The molecule has 2 saturated heterocycles. The number of fused-ring (bicyclic) bond motifs is 1. The molecule has 2 fully saturated rings. The van der Waals surface area contributed by atoms with Crippen molar-refractivity contribution in [2.24, 2.45) is 0 Å². The minimum absolute atomic E-state index is 0.0324. The molecular weight excluding hydrogens is 544 g/mol. The first-order valence-corrected chi connectivity index (χ1v) is 19.1. The number of piperidine rings is 2. The average Bonchev–Trinajstić information content (AvgIpc) is 3.28. The summed E-state index contributed by atoms with van der Waals surface area (Å²) < 4.78 is 5.73. The number of hydrogen-bond donors (Lipinski definition) is 0. The molecule has 9 heteroatoms. The van der Waals surface area contributed by atoms with Crippen molar-refractivity contribution in [3.8, 4) is 0 Å². The predicted octanol–water partition coefficient (Wildman–Crippen LogP) is 4.57. The Hall–Kier alpha value is -2.85. The van der Waals surface area contributed by atoms with E-state index in [0.717, 1.165) is 50.6 Å². The highest BCUT2D eigenvalue weighted by atomic mass is 28.3. The van der Waals surface area contributed by atoms with E-state index in [-0.39, 0.29) is 30.9 Å². The van der Waals surface area contributed by atoms with Gasteiger partial charge in [-0.3, -0.25) is 29.1 Å². The number of benzene rings is 2. The van der Waals surface area contributed by atoms with E-state index < -0.39 is 14.1 Å². The van der Waals surface area contributed by atoms with Gasteiger partial charge in [0, 0.05) is 52.3 Å². The van der Waals surface area contributed by atoms with Crippen LogP contribution < -0.4 is 0 Å². The van der Waals surface area contributed by atoms with E-state index in [4.69, 9.17) is 4.74 Å². The molecular formula is C33H46N4O4Si. The second kappa shape index (κ2) is 13.2. The molecule has 0 saturated carbocycles. The van der Waals surface area contributed by atoms with Crippen LogP contribution in [0.15, 0.2) is 48.5 Å². The van der Waals surface area contributed by atoms with Gasteiger partial charge in [-0.25, -0.2) is 0 Å². The molecule has 2 aromatic rings. The molecule has 226 valence electrons. The fourth-order valence-corrected chi connectivity index (χ4v) is 7.06. The fourth-order valence-electron chi connectivity index (χ4n) is 6.30. The standard InChI is InChI=1S/C33H46N4O4Si/c1-34(28-14-16-35(17-15-28)22-25-8-6-5-7-9-25)21-26-10-11-29-27(20-26)23-36(32(29)39)30-12-13-31(38)37(33(30)40)24-41-18-19-42(2,3)4/h5-11,20,28,30H,12-19,21-24H2,1-4H3. The Morgan fingerprint density at radius 1 is 0.952 bits per heavy atom. The smallest absolute Gasteiger partial charge is 0.255 e. The van der Waals surface area contributed by atoms with Gasteiger partial charge in [-0.15, -0.1) is 0 Å². The van der Waals surface area contributed by atoms with E-state index in [1.807, 2.05) is 12.1 Å². The molecule has 3 heterocycles. The third-order valence-corrected chi connectivity index (χ3v) is 10.6. The van der Waals surface area contributed by atoms with Crippen LogP contribution in [0.5, 0.6) is 0 Å². The first-order chi connectivity index (χ1) is 20.1. The molecule has 1 atom stereocenters. The topological polar surface area (TPSA) is 73.4 Å². The molecule has 5 rings (SSSR count). The number of amides is 3. The molecule has 0 aliphatic carbocycles. The number of carbonyl (C=O) groups is 3. The monoisotopic (exact) mass is 590 g/mol. The van der Waals surface area contributed by atoms with E-state index in [1.165, 1.54) is 16.0 Å². The molecule has 3 amide bonds. The second-order valence-corrected chi connectivity index (χ2v) is 19.0. The Morgan fingerprint density at radius 2 is 1.69 bits per heavy atom. The molecule has 0 radical (unpaired) electrons. The quantitative estimate of drug-likeness (QED) is 0.217. The normalized spacial score (nSPS) is 20.6. The van der Waals surface area contributed by atoms with Crippen molar-refractivity contribution < 1.29 is 19.1 Å². The third kappa shape index (κ3) is 7.37. The van der Waals surface area contributed by atoms with Crippen LogP contribution in [0, 0.1) is 0 Å². The van der Waals surface area contributed by atoms with Gasteiger partial charge in [0.05, 0.1) is 0 Å². The minimum Gasteiger partial charge on any atom is -0.361 e. The summed E-state index contributed by atoms with van der Waals surface area (Å²) in [5.41, 5.74) is 4.18. The van der Waals surface area contributed by atoms with E-state index in [0.29, 0.717) is 31.2 Å². The predicted molar refractivity (Wildman–Crippen MR) is 166 cm³/mol. The third-order valence-electron chi connectivity index (χ3n) is 8.94. The molecule has 42 heavy (non-hydrogen) atoms. The molecule has 0 spiro atoms. The number of rotatable bonds is 11. The van der Waals surface area contributed by atoms with Gasteiger partial charge in [0.15, 0.2) is 0 Å². The SMILES string of the molecule is CN(Cc1ccc2c(c1)CN(C1CCC(=O)N(COCC[Si](C)(C)C)C1=O)C2=O)C1CCN(Cc2ccccc2)CC1. The summed E-state index contributed by atoms with van der Waals surface area (Å²) in [5, 5.41) is 0. The maximum atomic E-state index is 13.4. The Balaban J connectivity index is 1.14. The first-order valence-electron chi connectivity index (χ1n) is 15.4. The molecule has 2 aromatic carbocycles. The number of ether oxygens (including phenoxy) is 1. The largest absolute Gasteiger partial charge is 0.361 e. The van der Waals surface area contributed by atoms with Crippen molar-refractivity contribution in [2.45, 2.75) is 83.1 Å². The van der Waals surface area contributed by atoms with Crippen LogP contribution in [0.1, 0.15) is 52.7 Å². The van der Waals surface area contributed by atoms with Gasteiger partial charge in [0.25, 0.3) is 11.8 Å². The Kier molecular flexibility index (Phi) is 9.62. The number of nitrogens with zero attached hydrogens (tertiary/aromatic N) is 4. The van der Waals surface area contributed by atoms with Crippen molar-refractivity contribution in [3.63, 3.8) is 0 Å². The number of imide groups is 1. The summed E-state index contributed by atoms with van der Waals surface area (Å²) in [6, 6.07) is 17.6. The average molecular weight is 591 g/mol. The lowest BCUT2D eigenvalue weighted by Crippen LogP contribution is -2.55. The first kappa shape index (κ1) is 30.6. The minimum atomic E-state index is -1.27. The van der Waals surface area contributed by atoms with Crippen molar-refractivity contribution in [1.82, 2.24) is 19.6 Å². The van der Waals surface area contributed by atoms with Crippen molar-refractivity contribution >= 4 is 25.8 Å².